The molecule has 0 aromatic carbocycles. The minimum absolute atomic E-state index is 0.0109. The summed E-state index contributed by atoms with van der Waals surface area (Å²) in [7, 11) is 5.22. The average molecular weight is 471 g/mol. The zero-order valence-corrected chi connectivity index (χ0v) is 20.0. The fraction of sp³-hybridized carbons (Fsp3) is 0.913. The molecule has 5 aliphatic rings. The van der Waals surface area contributed by atoms with Crippen molar-refractivity contribution in [1.82, 2.24) is 10.4 Å². The normalized spacial score (nSPS) is 50.1. The van der Waals surface area contributed by atoms with Gasteiger partial charge in [-0.2, -0.15) is 0 Å². The monoisotopic (exact) mass is 470 g/mol. The lowest BCUT2D eigenvalue weighted by Gasteiger charge is -2.44. The zero-order valence-electron chi connectivity index (χ0n) is 19.3. The molecule has 32 heavy (non-hydrogen) atoms. The van der Waals surface area contributed by atoms with Crippen LogP contribution in [-0.2, 0) is 28.5 Å². The number of rotatable bonds is 3. The summed E-state index contributed by atoms with van der Waals surface area (Å²) in [6, 6.07) is 0.0355. The molecule has 5 rings (SSSR count). The Balaban J connectivity index is 1.50. The van der Waals surface area contributed by atoms with E-state index in [1.165, 1.54) is 0 Å². The van der Waals surface area contributed by atoms with Crippen LogP contribution < -0.4 is 5.43 Å². The van der Waals surface area contributed by atoms with E-state index in [0.717, 1.165) is 12.8 Å². The van der Waals surface area contributed by atoms with Crippen molar-refractivity contribution < 1.29 is 28.5 Å². The minimum atomic E-state index is -1.46. The first-order valence-electron chi connectivity index (χ1n) is 11.9. The average Bonchev–Trinajstić information content (AvgIpc) is 3.29. The maximum Gasteiger partial charge on any atom is 0.188 e. The number of nitrogens with one attached hydrogen (secondary N) is 1. The molecule has 8 unspecified atom stereocenters. The van der Waals surface area contributed by atoms with E-state index in [4.69, 9.17) is 30.5 Å². The number of alkyl halides is 1. The molecule has 3 saturated heterocycles. The third kappa shape index (κ3) is 3.17. The lowest BCUT2D eigenvalue weighted by Crippen LogP contribution is -2.62. The predicted molar refractivity (Wildman–Crippen MR) is 116 cm³/mol. The van der Waals surface area contributed by atoms with E-state index in [9.17, 15) is 9.59 Å². The first kappa shape index (κ1) is 23.1. The summed E-state index contributed by atoms with van der Waals surface area (Å²) in [6.45, 7) is 3.39. The zero-order chi connectivity index (χ0) is 22.8. The molecule has 0 radical (unpaired) electrons. The van der Waals surface area contributed by atoms with Crippen molar-refractivity contribution in [3.8, 4) is 0 Å². The first-order valence-corrected chi connectivity index (χ1v) is 12.3. The summed E-state index contributed by atoms with van der Waals surface area (Å²) in [6.07, 6.45) is 1.79. The van der Waals surface area contributed by atoms with Crippen molar-refractivity contribution in [1.29, 1.82) is 0 Å². The van der Waals surface area contributed by atoms with Gasteiger partial charge in [-0.25, -0.2) is 5.01 Å². The van der Waals surface area contributed by atoms with Crippen LogP contribution in [0.5, 0.6) is 0 Å². The number of fused-ring (bicyclic) bond motifs is 2. The smallest absolute Gasteiger partial charge is 0.188 e. The predicted octanol–water partition coefficient (Wildman–Crippen LogP) is 1.19. The van der Waals surface area contributed by atoms with E-state index < -0.39 is 23.0 Å². The molecule has 3 aliphatic heterocycles. The molecule has 1 N–H and O–H groups in total. The van der Waals surface area contributed by atoms with E-state index in [1.54, 1.807) is 14.2 Å². The molecule has 10 atom stereocenters. The SMILES string of the molecule is COC1CC(OC)C2C(=O)[C@@]3(OC2C1Cl)C(=O)C1C(C[C@H]3C)NN(C)C1C1CCOCC1. The van der Waals surface area contributed by atoms with Gasteiger partial charge in [-0.15, -0.1) is 11.6 Å². The standard InChI is InChI=1S/C23H35ClN2O6/c1-11-9-13-16(19(26(2)25-13)12-5-7-31-8-6-12)21(27)23(11)22(28)17-14(29-3)10-15(30-4)18(24)20(17)32-23/h11-20,25H,5-10H2,1-4H3/t11-,13?,14?,15?,16?,17?,18?,19?,20?,23+/m1/s1. The fourth-order valence-corrected chi connectivity index (χ4v) is 7.67. The number of ether oxygens (including phenoxy) is 4. The summed E-state index contributed by atoms with van der Waals surface area (Å²) in [5.41, 5.74) is 2.07. The molecule has 9 heteroatoms. The van der Waals surface area contributed by atoms with E-state index >= 15 is 0 Å². The number of nitrogens with zero attached hydrogens (tertiary/aromatic N) is 1. The maximum atomic E-state index is 14.3. The van der Waals surface area contributed by atoms with Crippen molar-refractivity contribution in [3.63, 3.8) is 0 Å². The molecule has 0 aromatic heterocycles. The Morgan fingerprint density at radius 3 is 2.38 bits per heavy atom. The molecule has 1 spiro atoms. The largest absolute Gasteiger partial charge is 0.381 e. The quantitative estimate of drug-likeness (QED) is 0.486. The van der Waals surface area contributed by atoms with Crippen LogP contribution >= 0.6 is 11.6 Å². The van der Waals surface area contributed by atoms with Crippen LogP contribution in [0.15, 0.2) is 0 Å². The number of methoxy groups -OCH3 is 2. The summed E-state index contributed by atoms with van der Waals surface area (Å²) in [4.78, 5) is 28.3. The highest BCUT2D eigenvalue weighted by atomic mass is 35.5. The molecule has 180 valence electrons. The Kier molecular flexibility index (Phi) is 6.19. The molecule has 0 aromatic rings. The van der Waals surface area contributed by atoms with Crippen molar-refractivity contribution in [2.45, 2.75) is 74.0 Å². The second-order valence-corrected chi connectivity index (χ2v) is 10.8. The van der Waals surface area contributed by atoms with Gasteiger partial charge in [0.2, 0.25) is 0 Å². The highest BCUT2D eigenvalue weighted by molar-refractivity contribution is 6.23. The molecule has 5 fully saturated rings. The number of ketones is 2. The number of halogens is 1. The van der Waals surface area contributed by atoms with Gasteiger partial charge < -0.3 is 18.9 Å². The molecular formula is C23H35ClN2O6. The van der Waals surface area contributed by atoms with Gasteiger partial charge >= 0.3 is 0 Å². The van der Waals surface area contributed by atoms with E-state index in [2.05, 4.69) is 10.4 Å². The summed E-state index contributed by atoms with van der Waals surface area (Å²) in [5, 5.41) is 1.60. The number of carbonyl (C=O) groups is 2. The lowest BCUT2D eigenvalue weighted by atomic mass is 9.62. The molecule has 8 nitrogen and oxygen atoms in total. The number of hydrogen-bond donors (Lipinski definition) is 1. The highest BCUT2D eigenvalue weighted by Gasteiger charge is 2.71. The summed E-state index contributed by atoms with van der Waals surface area (Å²) in [5.74, 6) is -0.977. The number of hydrogen-bond acceptors (Lipinski definition) is 8. The first-order chi connectivity index (χ1) is 15.3. The molecule has 0 bridgehead atoms. The number of carbonyl (C=O) groups excluding carboxylic acids is 2. The van der Waals surface area contributed by atoms with Gasteiger partial charge in [0.25, 0.3) is 0 Å². The number of hydrazine groups is 1. The van der Waals surface area contributed by atoms with Crippen LogP contribution in [0.2, 0.25) is 0 Å². The maximum absolute atomic E-state index is 14.3. The van der Waals surface area contributed by atoms with Crippen molar-refractivity contribution in [2.24, 2.45) is 23.7 Å². The van der Waals surface area contributed by atoms with Crippen LogP contribution in [0.1, 0.15) is 32.6 Å². The Bertz CT molecular complexity index is 763. The number of Topliss-reactive ketones (excluding diaryl/α,β-unsaturated/α-hetero) is 2. The van der Waals surface area contributed by atoms with Gasteiger partial charge in [0, 0.05) is 58.9 Å². The Morgan fingerprint density at radius 1 is 1.06 bits per heavy atom. The Hall–Kier alpha value is -0.610. The Morgan fingerprint density at radius 2 is 1.72 bits per heavy atom. The minimum Gasteiger partial charge on any atom is -0.381 e. The molecule has 2 saturated carbocycles. The van der Waals surface area contributed by atoms with Crippen LogP contribution in [0.3, 0.4) is 0 Å². The topological polar surface area (TPSA) is 86.3 Å². The van der Waals surface area contributed by atoms with E-state index in [1.807, 2.05) is 14.0 Å². The lowest BCUT2D eigenvalue weighted by molar-refractivity contribution is -0.170. The molecule has 3 heterocycles. The van der Waals surface area contributed by atoms with Crippen LogP contribution in [0.4, 0.5) is 0 Å². The van der Waals surface area contributed by atoms with Crippen molar-refractivity contribution in [3.05, 3.63) is 0 Å². The summed E-state index contributed by atoms with van der Waals surface area (Å²) >= 11 is 6.75. The second kappa shape index (κ2) is 8.56. The van der Waals surface area contributed by atoms with Crippen molar-refractivity contribution >= 4 is 23.2 Å². The third-order valence-electron chi connectivity index (χ3n) is 8.82. The third-order valence-corrected chi connectivity index (χ3v) is 9.35. The van der Waals surface area contributed by atoms with Gasteiger partial charge in [-0.3, -0.25) is 15.0 Å². The second-order valence-electron chi connectivity index (χ2n) is 10.3. The van der Waals surface area contributed by atoms with E-state index in [-0.39, 0.29) is 47.7 Å². The highest BCUT2D eigenvalue weighted by Crippen LogP contribution is 2.53. The van der Waals surface area contributed by atoms with Gasteiger partial charge in [0.05, 0.1) is 35.5 Å². The van der Waals surface area contributed by atoms with Crippen LogP contribution in [0, 0.1) is 23.7 Å². The molecule has 2 aliphatic carbocycles. The fourth-order valence-electron chi connectivity index (χ4n) is 7.26. The van der Waals surface area contributed by atoms with Gasteiger partial charge in [-0.05, 0) is 25.2 Å². The van der Waals surface area contributed by atoms with Gasteiger partial charge in [0.15, 0.2) is 17.2 Å². The van der Waals surface area contributed by atoms with Crippen molar-refractivity contribution in [2.75, 3.05) is 34.5 Å². The van der Waals surface area contributed by atoms with Crippen LogP contribution in [0.25, 0.3) is 0 Å². The summed E-state index contributed by atoms with van der Waals surface area (Å²) < 4.78 is 23.4. The molecule has 0 amide bonds. The van der Waals surface area contributed by atoms with E-state index in [0.29, 0.717) is 32.0 Å². The van der Waals surface area contributed by atoms with Gasteiger partial charge in [-0.1, -0.05) is 6.92 Å². The Labute approximate surface area is 194 Å². The molecular weight excluding hydrogens is 436 g/mol. The van der Waals surface area contributed by atoms with Gasteiger partial charge in [0.1, 0.15) is 0 Å². The van der Waals surface area contributed by atoms with Crippen LogP contribution in [-0.4, -0.2) is 92.4 Å².